The zero-order chi connectivity index (χ0) is 22.1. The summed E-state index contributed by atoms with van der Waals surface area (Å²) < 4.78 is 15.7. The van der Waals surface area contributed by atoms with Crippen LogP contribution in [0.4, 0.5) is 4.79 Å². The maximum Gasteiger partial charge on any atom is 0.341 e. The molecule has 0 bridgehead atoms. The minimum Gasteiger partial charge on any atom is -0.490 e. The first kappa shape index (κ1) is 23.3. The number of ether oxygens (including phenoxy) is 3. The van der Waals surface area contributed by atoms with Crippen LogP contribution in [0.25, 0.3) is 6.08 Å². The summed E-state index contributed by atoms with van der Waals surface area (Å²) in [5, 5.41) is 8.21. The van der Waals surface area contributed by atoms with Crippen LogP contribution in [0, 0.1) is 0 Å². The van der Waals surface area contributed by atoms with E-state index in [1.54, 1.807) is 19.1 Å². The molecule has 1 aliphatic heterocycles. The second kappa shape index (κ2) is 11.2. The van der Waals surface area contributed by atoms with Crippen LogP contribution in [0.5, 0.6) is 11.5 Å². The smallest absolute Gasteiger partial charge is 0.341 e. The summed E-state index contributed by atoms with van der Waals surface area (Å²) in [5.74, 6) is -1.78. The van der Waals surface area contributed by atoms with E-state index in [1.807, 2.05) is 6.92 Å². The van der Waals surface area contributed by atoms with Crippen LogP contribution in [0.3, 0.4) is 0 Å². The fraction of sp³-hybridized carbons (Fsp3) is 0.400. The molecule has 1 aromatic rings. The molecule has 30 heavy (non-hydrogen) atoms. The van der Waals surface area contributed by atoms with E-state index in [-0.39, 0.29) is 17.3 Å². The molecule has 1 aromatic carbocycles. The summed E-state index contributed by atoms with van der Waals surface area (Å²) in [6, 6.07) is 4.70. The van der Waals surface area contributed by atoms with Gasteiger partial charge in [0.1, 0.15) is 6.54 Å². The van der Waals surface area contributed by atoms with Crippen molar-refractivity contribution in [3.05, 3.63) is 28.7 Å². The zero-order valence-electron chi connectivity index (χ0n) is 16.7. The molecule has 0 aromatic heterocycles. The van der Waals surface area contributed by atoms with Gasteiger partial charge in [0.15, 0.2) is 18.1 Å². The van der Waals surface area contributed by atoms with E-state index >= 15 is 0 Å². The van der Waals surface area contributed by atoms with Gasteiger partial charge in [-0.05, 0) is 48.9 Å². The molecule has 0 unspecified atom stereocenters. The lowest BCUT2D eigenvalue weighted by molar-refractivity contribution is -0.146. The first-order chi connectivity index (χ1) is 14.3. The molecule has 9 nitrogen and oxygen atoms in total. The Hall–Kier alpha value is -3.01. The van der Waals surface area contributed by atoms with Gasteiger partial charge in [0.2, 0.25) is 0 Å². The highest BCUT2D eigenvalue weighted by molar-refractivity contribution is 8.18. The molecule has 1 N–H and O–H groups in total. The lowest BCUT2D eigenvalue weighted by Gasteiger charge is -2.12. The molecule has 2 rings (SSSR count). The number of hydrogen-bond donors (Lipinski definition) is 1. The van der Waals surface area contributed by atoms with Crippen LogP contribution in [-0.2, 0) is 19.1 Å². The van der Waals surface area contributed by atoms with Gasteiger partial charge in [-0.2, -0.15) is 0 Å². The molecule has 1 heterocycles. The molecule has 0 aliphatic carbocycles. The number of unbranched alkanes of at least 4 members (excludes halogenated alkanes) is 1. The van der Waals surface area contributed by atoms with Crippen LogP contribution in [0.2, 0.25) is 0 Å². The third-order valence-corrected chi connectivity index (χ3v) is 4.75. The second-order valence-corrected chi connectivity index (χ2v) is 7.16. The molecule has 2 amide bonds. The SMILES string of the molecule is CCCCOC(=O)CN1C(=O)S/C(=C/c2ccc(OCC(=O)O)c(OCC)c2)C1=O. The number of carbonyl (C=O) groups excluding carboxylic acids is 3. The number of thioether (sulfide) groups is 1. The Labute approximate surface area is 178 Å². The van der Waals surface area contributed by atoms with Crippen LogP contribution in [0.1, 0.15) is 32.3 Å². The standard InChI is InChI=1S/C20H23NO8S/c1-3-5-8-28-18(24)11-21-19(25)16(30-20(21)26)10-13-6-7-14(29-12-17(22)23)15(9-13)27-4-2/h6-7,9-10H,3-5,8,11-12H2,1-2H3,(H,22,23)/b16-10+. The molecule has 1 aliphatic rings. The second-order valence-electron chi connectivity index (χ2n) is 6.16. The molecule has 0 saturated carbocycles. The fourth-order valence-electron chi connectivity index (χ4n) is 2.43. The van der Waals surface area contributed by atoms with Gasteiger partial charge in [0, 0.05) is 0 Å². The minimum atomic E-state index is -1.12. The Balaban J connectivity index is 2.13. The quantitative estimate of drug-likeness (QED) is 0.316. The fourth-order valence-corrected chi connectivity index (χ4v) is 3.27. The lowest BCUT2D eigenvalue weighted by Crippen LogP contribution is -2.34. The first-order valence-corrected chi connectivity index (χ1v) is 10.2. The van der Waals surface area contributed by atoms with Crippen LogP contribution in [0.15, 0.2) is 23.1 Å². The highest BCUT2D eigenvalue weighted by Crippen LogP contribution is 2.34. The van der Waals surface area contributed by atoms with Gasteiger partial charge >= 0.3 is 11.9 Å². The van der Waals surface area contributed by atoms with E-state index in [0.29, 0.717) is 24.3 Å². The minimum absolute atomic E-state index is 0.156. The summed E-state index contributed by atoms with van der Waals surface area (Å²) >= 11 is 0.726. The highest BCUT2D eigenvalue weighted by Gasteiger charge is 2.36. The van der Waals surface area contributed by atoms with Crippen molar-refractivity contribution in [3.63, 3.8) is 0 Å². The van der Waals surface area contributed by atoms with Gasteiger partial charge in [0.05, 0.1) is 18.1 Å². The third kappa shape index (κ3) is 6.51. The Morgan fingerprint density at radius 3 is 2.60 bits per heavy atom. The number of rotatable bonds is 11. The largest absolute Gasteiger partial charge is 0.490 e. The third-order valence-electron chi connectivity index (χ3n) is 3.84. The molecular formula is C20H23NO8S. The number of carboxylic acids is 1. The number of carbonyl (C=O) groups is 4. The van der Waals surface area contributed by atoms with E-state index in [9.17, 15) is 19.2 Å². The predicted molar refractivity (Wildman–Crippen MR) is 109 cm³/mol. The van der Waals surface area contributed by atoms with Crippen molar-refractivity contribution in [2.75, 3.05) is 26.4 Å². The van der Waals surface area contributed by atoms with Gasteiger partial charge in [-0.25, -0.2) is 4.79 Å². The summed E-state index contributed by atoms with van der Waals surface area (Å²) in [6.07, 6.45) is 3.07. The number of amides is 2. The van der Waals surface area contributed by atoms with Gasteiger partial charge in [-0.15, -0.1) is 0 Å². The van der Waals surface area contributed by atoms with E-state index in [0.717, 1.165) is 23.1 Å². The molecule has 1 saturated heterocycles. The summed E-state index contributed by atoms with van der Waals surface area (Å²) in [4.78, 5) is 48.2. The number of benzene rings is 1. The molecule has 1 fully saturated rings. The lowest BCUT2D eigenvalue weighted by atomic mass is 10.2. The van der Waals surface area contributed by atoms with E-state index in [2.05, 4.69) is 0 Å². The van der Waals surface area contributed by atoms with Gasteiger partial charge in [-0.3, -0.25) is 19.3 Å². The number of hydrogen-bond acceptors (Lipinski definition) is 8. The topological polar surface area (TPSA) is 119 Å². The Morgan fingerprint density at radius 2 is 1.93 bits per heavy atom. The first-order valence-electron chi connectivity index (χ1n) is 9.38. The van der Waals surface area contributed by atoms with Gasteiger partial charge in [0.25, 0.3) is 11.1 Å². The van der Waals surface area contributed by atoms with Crippen LogP contribution in [-0.4, -0.2) is 59.5 Å². The van der Waals surface area contributed by atoms with E-state index in [4.69, 9.17) is 19.3 Å². The van der Waals surface area contributed by atoms with Crippen LogP contribution < -0.4 is 9.47 Å². The number of nitrogens with zero attached hydrogens (tertiary/aromatic N) is 1. The van der Waals surface area contributed by atoms with Gasteiger partial charge < -0.3 is 19.3 Å². The maximum atomic E-state index is 12.5. The maximum absolute atomic E-state index is 12.5. The monoisotopic (exact) mass is 437 g/mol. The van der Waals surface area contributed by atoms with Crippen LogP contribution >= 0.6 is 11.8 Å². The normalized spacial score (nSPS) is 14.9. The number of aliphatic carboxylic acids is 1. The number of esters is 1. The summed E-state index contributed by atoms with van der Waals surface area (Å²) in [6.45, 7) is 3.33. The predicted octanol–water partition coefficient (Wildman–Crippen LogP) is 2.93. The molecule has 0 atom stereocenters. The molecular weight excluding hydrogens is 414 g/mol. The highest BCUT2D eigenvalue weighted by atomic mass is 32.2. The van der Waals surface area contributed by atoms with Gasteiger partial charge in [-0.1, -0.05) is 19.4 Å². The average molecular weight is 437 g/mol. The van der Waals surface area contributed by atoms with E-state index in [1.165, 1.54) is 12.1 Å². The average Bonchev–Trinajstić information content (AvgIpc) is 2.95. The Morgan fingerprint density at radius 1 is 1.17 bits per heavy atom. The van der Waals surface area contributed by atoms with Crippen molar-refractivity contribution < 1.29 is 38.5 Å². The van der Waals surface area contributed by atoms with E-state index < -0.39 is 36.2 Å². The van der Waals surface area contributed by atoms with Crippen molar-refractivity contribution in [2.24, 2.45) is 0 Å². The van der Waals surface area contributed by atoms with Crippen molar-refractivity contribution in [1.29, 1.82) is 0 Å². The number of imide groups is 1. The number of carboxylic acid groups (broad SMARTS) is 1. The molecule has 0 radical (unpaired) electrons. The zero-order valence-corrected chi connectivity index (χ0v) is 17.5. The molecule has 0 spiro atoms. The van der Waals surface area contributed by atoms with Crippen molar-refractivity contribution in [2.45, 2.75) is 26.7 Å². The Bertz CT molecular complexity index is 851. The van der Waals surface area contributed by atoms with Crippen molar-refractivity contribution in [1.82, 2.24) is 4.90 Å². The summed E-state index contributed by atoms with van der Waals surface area (Å²) in [5.41, 5.74) is 0.553. The van der Waals surface area contributed by atoms with Crippen molar-refractivity contribution >= 4 is 40.9 Å². The molecule has 10 heteroatoms. The summed E-state index contributed by atoms with van der Waals surface area (Å²) in [7, 11) is 0. The molecule has 162 valence electrons. The Kier molecular flexibility index (Phi) is 8.72. The van der Waals surface area contributed by atoms with Crippen molar-refractivity contribution in [3.8, 4) is 11.5 Å².